The second kappa shape index (κ2) is 6.32. The highest BCUT2D eigenvalue weighted by molar-refractivity contribution is 6.31. The van der Waals surface area contributed by atoms with Crippen molar-refractivity contribution in [3.8, 4) is 11.5 Å². The van der Waals surface area contributed by atoms with E-state index < -0.39 is 0 Å². The monoisotopic (exact) mass is 315 g/mol. The van der Waals surface area contributed by atoms with Crippen LogP contribution in [-0.4, -0.2) is 11.7 Å². The highest BCUT2D eigenvalue weighted by Crippen LogP contribution is 2.25. The SMILES string of the molecule is CCn1c(COc2ccc(OC)cc2)cc2ccc(Cl)cc21. The molecule has 0 aliphatic heterocycles. The van der Waals surface area contributed by atoms with Crippen molar-refractivity contribution < 1.29 is 9.47 Å². The van der Waals surface area contributed by atoms with Crippen LogP contribution in [0.2, 0.25) is 5.02 Å². The van der Waals surface area contributed by atoms with E-state index in [1.807, 2.05) is 42.5 Å². The number of nitrogens with zero attached hydrogens (tertiary/aromatic N) is 1. The molecular formula is C18H18ClNO2. The van der Waals surface area contributed by atoms with Gasteiger partial charge in [-0.2, -0.15) is 0 Å². The highest BCUT2D eigenvalue weighted by Gasteiger charge is 2.09. The number of fused-ring (bicyclic) bond motifs is 1. The van der Waals surface area contributed by atoms with Gasteiger partial charge in [-0.15, -0.1) is 0 Å². The van der Waals surface area contributed by atoms with E-state index in [2.05, 4.69) is 17.6 Å². The van der Waals surface area contributed by atoms with Crippen molar-refractivity contribution >= 4 is 22.5 Å². The van der Waals surface area contributed by atoms with Gasteiger partial charge in [0.25, 0.3) is 0 Å². The minimum atomic E-state index is 0.520. The number of hydrogen-bond acceptors (Lipinski definition) is 2. The molecule has 22 heavy (non-hydrogen) atoms. The van der Waals surface area contributed by atoms with Crippen molar-refractivity contribution in [2.24, 2.45) is 0 Å². The van der Waals surface area contributed by atoms with E-state index in [0.29, 0.717) is 6.61 Å². The molecule has 0 radical (unpaired) electrons. The number of aryl methyl sites for hydroxylation is 1. The van der Waals surface area contributed by atoms with Gasteiger partial charge in [0.2, 0.25) is 0 Å². The Balaban J connectivity index is 1.83. The van der Waals surface area contributed by atoms with E-state index in [9.17, 15) is 0 Å². The van der Waals surface area contributed by atoms with Crippen LogP contribution >= 0.6 is 11.6 Å². The fourth-order valence-corrected chi connectivity index (χ4v) is 2.77. The number of benzene rings is 2. The molecule has 0 saturated heterocycles. The highest BCUT2D eigenvalue weighted by atomic mass is 35.5. The lowest BCUT2D eigenvalue weighted by atomic mass is 10.2. The maximum absolute atomic E-state index is 6.10. The Morgan fingerprint density at radius 3 is 2.41 bits per heavy atom. The Hall–Kier alpha value is -2.13. The van der Waals surface area contributed by atoms with Gasteiger partial charge in [0.15, 0.2) is 0 Å². The minimum absolute atomic E-state index is 0.520. The number of aromatic nitrogens is 1. The van der Waals surface area contributed by atoms with E-state index >= 15 is 0 Å². The number of rotatable bonds is 5. The summed E-state index contributed by atoms with van der Waals surface area (Å²) in [6.45, 7) is 3.52. The third kappa shape index (κ3) is 2.90. The predicted molar refractivity (Wildman–Crippen MR) is 89.9 cm³/mol. The molecule has 0 saturated carbocycles. The van der Waals surface area contributed by atoms with Gasteiger partial charge in [-0.05, 0) is 49.4 Å². The van der Waals surface area contributed by atoms with Gasteiger partial charge >= 0.3 is 0 Å². The average Bonchev–Trinajstić information content (AvgIpc) is 2.90. The summed E-state index contributed by atoms with van der Waals surface area (Å²) in [6, 6.07) is 15.7. The lowest BCUT2D eigenvalue weighted by Crippen LogP contribution is -2.04. The van der Waals surface area contributed by atoms with E-state index in [1.165, 1.54) is 5.39 Å². The Labute approximate surface area is 135 Å². The fourth-order valence-electron chi connectivity index (χ4n) is 2.61. The maximum atomic E-state index is 6.10. The van der Waals surface area contributed by atoms with Crippen molar-refractivity contribution in [3.63, 3.8) is 0 Å². The van der Waals surface area contributed by atoms with Crippen LogP contribution in [0.3, 0.4) is 0 Å². The smallest absolute Gasteiger partial charge is 0.128 e. The molecular weight excluding hydrogens is 298 g/mol. The van der Waals surface area contributed by atoms with Crippen LogP contribution in [0, 0.1) is 0 Å². The first-order chi connectivity index (χ1) is 10.7. The molecule has 114 valence electrons. The molecule has 0 fully saturated rings. The molecule has 0 amide bonds. The van der Waals surface area contributed by atoms with Crippen molar-refractivity contribution in [2.45, 2.75) is 20.1 Å². The zero-order chi connectivity index (χ0) is 15.5. The van der Waals surface area contributed by atoms with Crippen molar-refractivity contribution in [1.82, 2.24) is 4.57 Å². The van der Waals surface area contributed by atoms with Crippen LogP contribution in [-0.2, 0) is 13.2 Å². The third-order valence-electron chi connectivity index (χ3n) is 3.71. The maximum Gasteiger partial charge on any atom is 0.128 e. The molecule has 0 aliphatic rings. The molecule has 0 aliphatic carbocycles. The molecule has 0 N–H and O–H groups in total. The molecule has 0 spiro atoms. The second-order valence-electron chi connectivity index (χ2n) is 5.05. The summed E-state index contributed by atoms with van der Waals surface area (Å²) in [4.78, 5) is 0. The molecule has 2 aromatic carbocycles. The lowest BCUT2D eigenvalue weighted by molar-refractivity contribution is 0.295. The van der Waals surface area contributed by atoms with Crippen molar-refractivity contribution in [1.29, 1.82) is 0 Å². The molecule has 1 heterocycles. The van der Waals surface area contributed by atoms with Gasteiger partial charge in [-0.1, -0.05) is 17.7 Å². The van der Waals surface area contributed by atoms with Crippen LogP contribution in [0.4, 0.5) is 0 Å². The summed E-state index contributed by atoms with van der Waals surface area (Å²) in [6.07, 6.45) is 0. The van der Waals surface area contributed by atoms with E-state index in [4.69, 9.17) is 21.1 Å². The topological polar surface area (TPSA) is 23.4 Å². The van der Waals surface area contributed by atoms with E-state index in [0.717, 1.165) is 34.3 Å². The lowest BCUT2D eigenvalue weighted by Gasteiger charge is -2.10. The normalized spacial score (nSPS) is 10.9. The van der Waals surface area contributed by atoms with Gasteiger partial charge in [-0.3, -0.25) is 0 Å². The molecule has 3 aromatic rings. The first kappa shape index (κ1) is 14.8. The molecule has 3 nitrogen and oxygen atoms in total. The van der Waals surface area contributed by atoms with Crippen LogP contribution in [0.1, 0.15) is 12.6 Å². The summed E-state index contributed by atoms with van der Waals surface area (Å²) in [5.41, 5.74) is 2.28. The van der Waals surface area contributed by atoms with Gasteiger partial charge in [0.05, 0.1) is 12.8 Å². The second-order valence-corrected chi connectivity index (χ2v) is 5.48. The van der Waals surface area contributed by atoms with Crippen molar-refractivity contribution in [3.05, 3.63) is 59.2 Å². The predicted octanol–water partition coefficient (Wildman–Crippen LogP) is 4.90. The molecule has 0 atom stereocenters. The standard InChI is InChI=1S/C18H18ClNO2/c1-3-20-15(10-13-4-5-14(19)11-18(13)20)12-22-17-8-6-16(21-2)7-9-17/h4-11H,3,12H2,1-2H3. The summed E-state index contributed by atoms with van der Waals surface area (Å²) >= 11 is 6.10. The quantitative estimate of drug-likeness (QED) is 0.668. The summed E-state index contributed by atoms with van der Waals surface area (Å²) in [5, 5.41) is 1.93. The first-order valence-electron chi connectivity index (χ1n) is 7.26. The minimum Gasteiger partial charge on any atom is -0.497 e. The summed E-state index contributed by atoms with van der Waals surface area (Å²) in [7, 11) is 1.65. The van der Waals surface area contributed by atoms with Gasteiger partial charge < -0.3 is 14.0 Å². The van der Waals surface area contributed by atoms with Crippen LogP contribution in [0.25, 0.3) is 10.9 Å². The van der Waals surface area contributed by atoms with Crippen molar-refractivity contribution in [2.75, 3.05) is 7.11 Å². The first-order valence-corrected chi connectivity index (χ1v) is 7.63. The van der Waals surface area contributed by atoms with Crippen LogP contribution in [0.5, 0.6) is 11.5 Å². The Kier molecular flexibility index (Phi) is 4.25. The fraction of sp³-hybridized carbons (Fsp3) is 0.222. The Morgan fingerprint density at radius 2 is 1.73 bits per heavy atom. The summed E-state index contributed by atoms with van der Waals surface area (Å²) < 4.78 is 13.3. The number of methoxy groups -OCH3 is 1. The van der Waals surface area contributed by atoms with Crippen LogP contribution < -0.4 is 9.47 Å². The molecule has 3 rings (SSSR count). The molecule has 4 heteroatoms. The number of hydrogen-bond donors (Lipinski definition) is 0. The molecule has 1 aromatic heterocycles. The third-order valence-corrected chi connectivity index (χ3v) is 3.95. The average molecular weight is 316 g/mol. The van der Waals surface area contributed by atoms with Gasteiger partial charge in [0, 0.05) is 22.5 Å². The molecule has 0 unspecified atom stereocenters. The summed E-state index contributed by atoms with van der Waals surface area (Å²) in [5.74, 6) is 1.65. The van der Waals surface area contributed by atoms with E-state index in [-0.39, 0.29) is 0 Å². The zero-order valence-corrected chi connectivity index (χ0v) is 13.4. The molecule has 0 bridgehead atoms. The Morgan fingerprint density at radius 1 is 1.00 bits per heavy atom. The Bertz CT molecular complexity index is 778. The largest absolute Gasteiger partial charge is 0.497 e. The van der Waals surface area contributed by atoms with Crippen LogP contribution in [0.15, 0.2) is 48.5 Å². The van der Waals surface area contributed by atoms with Gasteiger partial charge in [-0.25, -0.2) is 0 Å². The van der Waals surface area contributed by atoms with Gasteiger partial charge in [0.1, 0.15) is 18.1 Å². The number of ether oxygens (including phenoxy) is 2. The van der Waals surface area contributed by atoms with E-state index in [1.54, 1.807) is 7.11 Å². The zero-order valence-electron chi connectivity index (χ0n) is 12.7. The number of halogens is 1.